The summed E-state index contributed by atoms with van der Waals surface area (Å²) in [5.41, 5.74) is 0. The third-order valence-corrected chi connectivity index (χ3v) is 14.8. The van der Waals surface area contributed by atoms with Gasteiger partial charge in [0, 0.05) is 18.4 Å². The van der Waals surface area contributed by atoms with Crippen molar-refractivity contribution in [1.82, 2.24) is 47.9 Å². The second-order valence-electron chi connectivity index (χ2n) is 17.1. The molecule has 10 nitrogen and oxygen atoms in total. The molecule has 10 heteroatoms. The summed E-state index contributed by atoms with van der Waals surface area (Å²) in [7, 11) is 0. The van der Waals surface area contributed by atoms with Crippen molar-refractivity contribution in [3.63, 3.8) is 0 Å². The maximum Gasteiger partial charge on any atom is 0.223 e. The Morgan fingerprint density at radius 3 is 1.15 bits per heavy atom. The van der Waals surface area contributed by atoms with Crippen LogP contribution in [0.25, 0.3) is 0 Å². The van der Waals surface area contributed by atoms with Crippen molar-refractivity contribution in [1.29, 1.82) is 0 Å². The second kappa shape index (κ2) is 13.1. The summed E-state index contributed by atoms with van der Waals surface area (Å²) >= 11 is 0. The Kier molecular flexibility index (Phi) is 8.89. The lowest BCUT2D eigenvalue weighted by Gasteiger charge is -2.38. The fraction of sp³-hybridized carbons (Fsp3) is 0.972. The highest BCUT2D eigenvalue weighted by Gasteiger charge is 2.56. The Morgan fingerprint density at radius 2 is 0.783 bits per heavy atom. The number of hydrogen-bond donors (Lipinski definition) is 9. The highest BCUT2D eigenvalue weighted by atomic mass is 16.1. The molecule has 258 valence electrons. The lowest BCUT2D eigenvalue weighted by Crippen LogP contribution is -2.62. The van der Waals surface area contributed by atoms with Gasteiger partial charge in [-0.3, -0.25) is 47.3 Å². The van der Waals surface area contributed by atoms with E-state index in [4.69, 9.17) is 0 Å². The number of nitrogens with one attached hydrogen (secondary N) is 9. The van der Waals surface area contributed by atoms with Crippen LogP contribution in [0.15, 0.2) is 0 Å². The maximum absolute atomic E-state index is 13.7. The van der Waals surface area contributed by atoms with Crippen LogP contribution in [0.5, 0.6) is 0 Å². The monoisotopic (exact) mass is 638 g/mol. The smallest absolute Gasteiger partial charge is 0.223 e. The van der Waals surface area contributed by atoms with Crippen molar-refractivity contribution >= 4 is 5.91 Å². The number of amides is 1. The fourth-order valence-corrected chi connectivity index (χ4v) is 12.7. The van der Waals surface area contributed by atoms with E-state index in [0.717, 1.165) is 25.8 Å². The molecule has 0 aromatic heterocycles. The standard InChI is InChI=1S/C36H63N9O/c1-2-18-37-36(46)26-17-9-16-25-27(26)35-44-33-24-15-8-7-14-23(24)31(42-33)40-29-20-11-4-3-10-19(20)28(38-29)39-30-21-12-5-6-13-22(21)32(41-30)43-34(25)45-35/h19-35,38-45H,2-18H2,1H3,(H,37,46). The first-order valence-electron chi connectivity index (χ1n) is 20.0. The molecule has 46 heavy (non-hydrogen) atoms. The van der Waals surface area contributed by atoms with Crippen LogP contribution < -0.4 is 47.9 Å². The van der Waals surface area contributed by atoms with Crippen LogP contribution in [-0.2, 0) is 4.79 Å². The van der Waals surface area contributed by atoms with Gasteiger partial charge in [-0.1, -0.05) is 51.9 Å². The lowest BCUT2D eigenvalue weighted by atomic mass is 9.71. The van der Waals surface area contributed by atoms with E-state index in [1.165, 1.54) is 83.5 Å². The molecule has 0 aromatic carbocycles. The molecule has 4 saturated carbocycles. The maximum atomic E-state index is 13.7. The van der Waals surface area contributed by atoms with Crippen LogP contribution in [0, 0.1) is 53.3 Å². The Bertz CT molecular complexity index is 1090. The quantitative estimate of drug-likeness (QED) is 0.230. The number of carbonyl (C=O) groups excluding carboxylic acids is 1. The van der Waals surface area contributed by atoms with Crippen molar-refractivity contribution in [2.45, 2.75) is 159 Å². The van der Waals surface area contributed by atoms with Gasteiger partial charge < -0.3 is 5.32 Å². The van der Waals surface area contributed by atoms with Crippen molar-refractivity contribution in [2.75, 3.05) is 6.54 Å². The molecule has 8 bridgehead atoms. The van der Waals surface area contributed by atoms with E-state index in [2.05, 4.69) is 54.8 Å². The van der Waals surface area contributed by atoms with E-state index in [0.29, 0.717) is 78.2 Å². The minimum absolute atomic E-state index is 0.0678. The number of carbonyl (C=O) groups is 1. The molecular formula is C36H63N9O. The first-order chi connectivity index (χ1) is 22.7. The minimum Gasteiger partial charge on any atom is -0.356 e. The Morgan fingerprint density at radius 1 is 0.457 bits per heavy atom. The summed E-state index contributed by atoms with van der Waals surface area (Å²) in [6, 6.07) is 0. The van der Waals surface area contributed by atoms with E-state index in [9.17, 15) is 4.79 Å². The van der Waals surface area contributed by atoms with Crippen LogP contribution in [0.3, 0.4) is 0 Å². The largest absolute Gasteiger partial charge is 0.356 e. The Hall–Kier alpha value is -0.850. The van der Waals surface area contributed by atoms with E-state index in [1.54, 1.807) is 0 Å². The van der Waals surface area contributed by atoms with E-state index in [1.807, 2.05) is 0 Å². The van der Waals surface area contributed by atoms with Gasteiger partial charge >= 0.3 is 0 Å². The second-order valence-corrected chi connectivity index (χ2v) is 17.1. The Labute approximate surface area is 277 Å². The molecule has 9 rings (SSSR count). The highest BCUT2D eigenvalue weighted by molar-refractivity contribution is 5.79. The molecule has 5 aliphatic heterocycles. The van der Waals surface area contributed by atoms with Crippen LogP contribution in [0.1, 0.15) is 110 Å². The van der Waals surface area contributed by atoms with Gasteiger partial charge in [0.1, 0.15) is 0 Å². The molecule has 4 aliphatic carbocycles. The van der Waals surface area contributed by atoms with E-state index < -0.39 is 0 Å². The van der Waals surface area contributed by atoms with Gasteiger partial charge in [-0.2, -0.15) is 0 Å². The summed E-state index contributed by atoms with van der Waals surface area (Å²) in [5, 5.41) is 36.9. The highest BCUT2D eigenvalue weighted by Crippen LogP contribution is 2.46. The van der Waals surface area contributed by atoms with Crippen LogP contribution in [0.4, 0.5) is 0 Å². The normalized spacial score (nSPS) is 53.1. The first-order valence-corrected chi connectivity index (χ1v) is 20.0. The minimum atomic E-state index is 0.0678. The van der Waals surface area contributed by atoms with Crippen LogP contribution in [0.2, 0.25) is 0 Å². The predicted octanol–water partition coefficient (Wildman–Crippen LogP) is 2.36. The molecule has 17 unspecified atom stereocenters. The number of hydrogen-bond acceptors (Lipinski definition) is 9. The van der Waals surface area contributed by atoms with Gasteiger partial charge in [0.25, 0.3) is 0 Å². The molecule has 17 atom stereocenters. The SMILES string of the molecule is CCCNC(=O)C1CCCC2C3NC4NC(NC5NC(NC6NC(NC(N3)C12)C1CCCCC61)C1CCCCC51)C1CCCCC41. The van der Waals surface area contributed by atoms with E-state index >= 15 is 0 Å². The van der Waals surface area contributed by atoms with Crippen LogP contribution >= 0.6 is 0 Å². The van der Waals surface area contributed by atoms with Gasteiger partial charge in [-0.25, -0.2) is 0 Å². The number of rotatable bonds is 3. The zero-order valence-electron chi connectivity index (χ0n) is 28.2. The average Bonchev–Trinajstić information content (AvgIpc) is 3.83. The predicted molar refractivity (Wildman–Crippen MR) is 179 cm³/mol. The van der Waals surface area contributed by atoms with Crippen molar-refractivity contribution in [2.24, 2.45) is 53.3 Å². The molecule has 5 heterocycles. The average molecular weight is 638 g/mol. The van der Waals surface area contributed by atoms with Crippen molar-refractivity contribution in [3.8, 4) is 0 Å². The summed E-state index contributed by atoms with van der Waals surface area (Å²) in [6.07, 6.45) is 22.7. The van der Waals surface area contributed by atoms with Crippen molar-refractivity contribution < 1.29 is 4.79 Å². The fourth-order valence-electron chi connectivity index (χ4n) is 12.7. The lowest BCUT2D eigenvalue weighted by molar-refractivity contribution is -0.129. The number of fused-ring (bicyclic) bond motifs is 20. The molecule has 9 N–H and O–H groups in total. The van der Waals surface area contributed by atoms with Gasteiger partial charge in [-0.15, -0.1) is 0 Å². The molecule has 9 aliphatic rings. The third-order valence-electron chi connectivity index (χ3n) is 14.8. The summed E-state index contributed by atoms with van der Waals surface area (Å²) in [6.45, 7) is 2.94. The summed E-state index contributed by atoms with van der Waals surface area (Å²) in [5.74, 6) is 5.10. The van der Waals surface area contributed by atoms with Gasteiger partial charge in [0.15, 0.2) is 0 Å². The molecule has 0 aromatic rings. The topological polar surface area (TPSA) is 125 Å². The zero-order chi connectivity index (χ0) is 30.8. The summed E-state index contributed by atoms with van der Waals surface area (Å²) in [4.78, 5) is 13.7. The van der Waals surface area contributed by atoms with Crippen molar-refractivity contribution in [3.05, 3.63) is 0 Å². The zero-order valence-corrected chi connectivity index (χ0v) is 28.2. The molecule has 9 fully saturated rings. The molecular weight excluding hydrogens is 574 g/mol. The third kappa shape index (κ3) is 5.49. The molecule has 0 spiro atoms. The van der Waals surface area contributed by atoms with Gasteiger partial charge in [-0.05, 0) is 99.2 Å². The first kappa shape index (κ1) is 31.2. The molecule has 0 radical (unpaired) electrons. The Balaban J connectivity index is 1.05. The van der Waals surface area contributed by atoms with Gasteiger partial charge in [0.05, 0.1) is 49.3 Å². The van der Waals surface area contributed by atoms with Gasteiger partial charge in [0.2, 0.25) is 5.91 Å². The van der Waals surface area contributed by atoms with E-state index in [-0.39, 0.29) is 30.3 Å². The summed E-state index contributed by atoms with van der Waals surface area (Å²) < 4.78 is 0. The molecule has 1 amide bonds. The molecule has 5 saturated heterocycles. The van der Waals surface area contributed by atoms with Crippen LogP contribution in [-0.4, -0.2) is 61.8 Å².